The molecule has 114 valence electrons. The van der Waals surface area contributed by atoms with Crippen LogP contribution in [-0.2, 0) is 10.0 Å². The van der Waals surface area contributed by atoms with Gasteiger partial charge >= 0.3 is 0 Å². The third-order valence-corrected chi connectivity index (χ3v) is 4.91. The number of hydrogen-bond acceptors (Lipinski definition) is 4. The van der Waals surface area contributed by atoms with Crippen molar-refractivity contribution in [3.63, 3.8) is 0 Å². The summed E-state index contributed by atoms with van der Waals surface area (Å²) in [5.41, 5.74) is 2.96. The Labute approximate surface area is 128 Å². The van der Waals surface area contributed by atoms with Crippen LogP contribution in [-0.4, -0.2) is 23.6 Å². The minimum absolute atomic E-state index is 0.253. The first kappa shape index (κ1) is 14.5. The number of pyridine rings is 1. The summed E-state index contributed by atoms with van der Waals surface area (Å²) in [5, 5.41) is 7.40. The highest BCUT2D eigenvalue weighted by Gasteiger charge is 2.20. The summed E-state index contributed by atoms with van der Waals surface area (Å²) in [4.78, 5) is 4.53. The Kier molecular flexibility index (Phi) is 3.37. The molecule has 0 saturated carbocycles. The molecule has 6 nitrogen and oxygen atoms in total. The van der Waals surface area contributed by atoms with Crippen molar-refractivity contribution in [3.8, 4) is 0 Å². The third kappa shape index (κ3) is 2.55. The van der Waals surface area contributed by atoms with Crippen molar-refractivity contribution in [2.75, 3.05) is 4.72 Å². The summed E-state index contributed by atoms with van der Waals surface area (Å²) in [6.45, 7) is 5.48. The minimum Gasteiger partial charge on any atom is -0.261 e. The number of nitrogens with zero attached hydrogens (tertiary/aromatic N) is 2. The van der Waals surface area contributed by atoms with Gasteiger partial charge in [0.1, 0.15) is 0 Å². The molecule has 0 spiro atoms. The molecule has 0 atom stereocenters. The predicted molar refractivity (Wildman–Crippen MR) is 85.4 cm³/mol. The zero-order valence-electron chi connectivity index (χ0n) is 12.5. The number of sulfonamides is 1. The lowest BCUT2D eigenvalue weighted by Crippen LogP contribution is -2.15. The van der Waals surface area contributed by atoms with Crippen LogP contribution in [0, 0.1) is 20.8 Å². The summed E-state index contributed by atoms with van der Waals surface area (Å²) >= 11 is 0. The predicted octanol–water partition coefficient (Wildman–Crippen LogP) is 2.68. The van der Waals surface area contributed by atoms with Crippen molar-refractivity contribution in [1.82, 2.24) is 15.2 Å². The molecule has 0 aliphatic heterocycles. The van der Waals surface area contributed by atoms with Crippen LogP contribution < -0.4 is 4.72 Å². The number of H-pyrrole nitrogens is 1. The average Bonchev–Trinajstić information content (AvgIpc) is 2.83. The summed E-state index contributed by atoms with van der Waals surface area (Å²) in [6.07, 6.45) is 0. The highest BCUT2D eigenvalue weighted by atomic mass is 32.2. The Bertz CT molecular complexity index is 961. The Morgan fingerprint density at radius 3 is 2.64 bits per heavy atom. The molecule has 1 aromatic carbocycles. The van der Waals surface area contributed by atoms with Crippen LogP contribution in [0.1, 0.15) is 16.8 Å². The number of aryl methyl sites for hydroxylation is 3. The quantitative estimate of drug-likeness (QED) is 0.777. The zero-order chi connectivity index (χ0) is 15.9. The molecule has 2 N–H and O–H groups in total. The fourth-order valence-electron chi connectivity index (χ4n) is 2.26. The third-order valence-electron chi connectivity index (χ3n) is 3.43. The van der Waals surface area contributed by atoms with Gasteiger partial charge in [-0.1, -0.05) is 12.1 Å². The van der Waals surface area contributed by atoms with Crippen molar-refractivity contribution in [1.29, 1.82) is 0 Å². The van der Waals surface area contributed by atoms with Crippen molar-refractivity contribution >= 4 is 26.9 Å². The van der Waals surface area contributed by atoms with Gasteiger partial charge < -0.3 is 0 Å². The van der Waals surface area contributed by atoms with Crippen LogP contribution in [0.2, 0.25) is 0 Å². The number of benzene rings is 1. The van der Waals surface area contributed by atoms with E-state index in [1.807, 2.05) is 26.0 Å². The van der Waals surface area contributed by atoms with E-state index in [9.17, 15) is 8.42 Å². The zero-order valence-corrected chi connectivity index (χ0v) is 13.3. The monoisotopic (exact) mass is 316 g/mol. The first-order chi connectivity index (χ1) is 10.4. The lowest BCUT2D eigenvalue weighted by atomic mass is 10.2. The standard InChI is InChI=1S/C15H16N4O2S/c1-9-4-5-10(2)13(8-9)22(20,21)19-15-12-7-6-11(3)16-14(12)17-18-15/h4-8H,1-3H3,(H2,16,17,18,19). The van der Waals surface area contributed by atoms with Gasteiger partial charge in [-0.2, -0.15) is 5.10 Å². The molecule has 7 heteroatoms. The first-order valence-electron chi connectivity index (χ1n) is 6.78. The minimum atomic E-state index is -3.70. The van der Waals surface area contributed by atoms with Gasteiger partial charge in [-0.05, 0) is 50.1 Å². The van der Waals surface area contributed by atoms with E-state index < -0.39 is 10.0 Å². The summed E-state index contributed by atoms with van der Waals surface area (Å²) in [5.74, 6) is 0.253. The number of nitrogens with one attached hydrogen (secondary N) is 2. The van der Waals surface area contributed by atoms with Crippen LogP contribution in [0.4, 0.5) is 5.82 Å². The second-order valence-corrected chi connectivity index (χ2v) is 6.95. The lowest BCUT2D eigenvalue weighted by molar-refractivity contribution is 0.600. The van der Waals surface area contributed by atoms with Crippen LogP contribution in [0.15, 0.2) is 35.2 Å². The number of rotatable bonds is 3. The van der Waals surface area contributed by atoms with E-state index in [-0.39, 0.29) is 10.7 Å². The maximum atomic E-state index is 12.6. The molecule has 0 bridgehead atoms. The Morgan fingerprint density at radius 1 is 1.09 bits per heavy atom. The van der Waals surface area contributed by atoms with Crippen LogP contribution >= 0.6 is 0 Å². The van der Waals surface area contributed by atoms with E-state index in [4.69, 9.17) is 0 Å². The number of aromatic nitrogens is 3. The molecule has 0 unspecified atom stereocenters. The molecule has 0 saturated heterocycles. The molecule has 3 rings (SSSR count). The van der Waals surface area contributed by atoms with Gasteiger partial charge in [-0.3, -0.25) is 9.82 Å². The highest BCUT2D eigenvalue weighted by molar-refractivity contribution is 7.92. The first-order valence-corrected chi connectivity index (χ1v) is 8.27. The second kappa shape index (κ2) is 5.10. The van der Waals surface area contributed by atoms with E-state index in [0.717, 1.165) is 11.3 Å². The molecule has 0 aliphatic rings. The van der Waals surface area contributed by atoms with Crippen molar-refractivity contribution in [3.05, 3.63) is 47.2 Å². The molecule has 0 aliphatic carbocycles. The molecule has 2 aromatic heterocycles. The van der Waals surface area contributed by atoms with E-state index in [0.29, 0.717) is 16.6 Å². The highest BCUT2D eigenvalue weighted by Crippen LogP contribution is 2.24. The fraction of sp³-hybridized carbons (Fsp3) is 0.200. The molecule has 2 heterocycles. The van der Waals surface area contributed by atoms with E-state index >= 15 is 0 Å². The van der Waals surface area contributed by atoms with Crippen LogP contribution in [0.3, 0.4) is 0 Å². The van der Waals surface area contributed by atoms with Crippen LogP contribution in [0.25, 0.3) is 11.0 Å². The fourth-order valence-corrected chi connectivity index (χ4v) is 3.61. The molecule has 0 radical (unpaired) electrons. The van der Waals surface area contributed by atoms with Gasteiger partial charge in [0.05, 0.1) is 10.3 Å². The van der Waals surface area contributed by atoms with Crippen molar-refractivity contribution in [2.45, 2.75) is 25.7 Å². The second-order valence-electron chi connectivity index (χ2n) is 5.30. The van der Waals surface area contributed by atoms with Gasteiger partial charge in [0.15, 0.2) is 11.5 Å². The largest absolute Gasteiger partial charge is 0.263 e. The number of hydrogen-bond donors (Lipinski definition) is 2. The molecule has 0 fully saturated rings. The Balaban J connectivity index is 2.05. The van der Waals surface area contributed by atoms with E-state index in [1.165, 1.54) is 0 Å². The summed E-state index contributed by atoms with van der Waals surface area (Å²) in [6, 6.07) is 8.92. The number of anilines is 1. The van der Waals surface area contributed by atoms with Crippen molar-refractivity contribution < 1.29 is 8.42 Å². The maximum absolute atomic E-state index is 12.6. The lowest BCUT2D eigenvalue weighted by Gasteiger charge is -2.09. The molecular weight excluding hydrogens is 300 g/mol. The normalized spacial score (nSPS) is 11.8. The average molecular weight is 316 g/mol. The molecule has 3 aromatic rings. The van der Waals surface area contributed by atoms with E-state index in [2.05, 4.69) is 19.9 Å². The molecule has 22 heavy (non-hydrogen) atoms. The number of aromatic amines is 1. The summed E-state index contributed by atoms with van der Waals surface area (Å²) < 4.78 is 27.7. The van der Waals surface area contributed by atoms with E-state index in [1.54, 1.807) is 25.1 Å². The maximum Gasteiger partial charge on any atom is 0.263 e. The topological polar surface area (TPSA) is 87.7 Å². The molecular formula is C15H16N4O2S. The van der Waals surface area contributed by atoms with Gasteiger partial charge in [0.25, 0.3) is 10.0 Å². The molecule has 0 amide bonds. The van der Waals surface area contributed by atoms with Crippen molar-refractivity contribution in [2.24, 2.45) is 0 Å². The number of fused-ring (bicyclic) bond motifs is 1. The van der Waals surface area contributed by atoms with Gasteiger partial charge in [-0.15, -0.1) is 0 Å². The van der Waals surface area contributed by atoms with Gasteiger partial charge in [0.2, 0.25) is 0 Å². The SMILES string of the molecule is Cc1ccc(C)c(S(=O)(=O)Nc2n[nH]c3nc(C)ccc23)c1. The summed E-state index contributed by atoms with van der Waals surface area (Å²) in [7, 11) is -3.70. The van der Waals surface area contributed by atoms with Gasteiger partial charge in [0, 0.05) is 5.69 Å². The van der Waals surface area contributed by atoms with Gasteiger partial charge in [-0.25, -0.2) is 13.4 Å². The van der Waals surface area contributed by atoms with Crippen LogP contribution in [0.5, 0.6) is 0 Å². The Morgan fingerprint density at radius 2 is 1.86 bits per heavy atom. The smallest absolute Gasteiger partial charge is 0.261 e. The Hall–Kier alpha value is -2.41.